The Labute approximate surface area is 177 Å². The fraction of sp³-hybridized carbons (Fsp3) is 0.409. The largest absolute Gasteiger partial charge is 0.452 e. The van der Waals surface area contributed by atoms with E-state index in [1.54, 1.807) is 19.2 Å². The molecule has 1 fully saturated rings. The lowest BCUT2D eigenvalue weighted by Gasteiger charge is -2.27. The van der Waals surface area contributed by atoms with E-state index in [-0.39, 0.29) is 12.5 Å². The number of likely N-dealkylation sites (N-methyl/N-ethyl adjacent to an activating group) is 1. The fourth-order valence-electron chi connectivity index (χ4n) is 3.07. The van der Waals surface area contributed by atoms with Gasteiger partial charge in [0.15, 0.2) is 6.61 Å². The molecule has 8 nitrogen and oxygen atoms in total. The molecule has 0 radical (unpaired) electrons. The first-order chi connectivity index (χ1) is 14.4. The summed E-state index contributed by atoms with van der Waals surface area (Å²) in [5.74, 6) is -0.0306. The first kappa shape index (κ1) is 21.6. The van der Waals surface area contributed by atoms with E-state index in [1.807, 2.05) is 43.3 Å². The monoisotopic (exact) mass is 412 g/mol. The van der Waals surface area contributed by atoms with Crippen LogP contribution in [-0.4, -0.2) is 75.8 Å². The first-order valence-electron chi connectivity index (χ1n) is 9.90. The second-order valence-electron chi connectivity index (χ2n) is 7.39. The van der Waals surface area contributed by atoms with E-state index in [1.165, 1.54) is 11.1 Å². The van der Waals surface area contributed by atoms with Crippen LogP contribution in [0.25, 0.3) is 0 Å². The van der Waals surface area contributed by atoms with Crippen molar-refractivity contribution in [1.82, 2.24) is 9.88 Å². The molecule has 1 aliphatic rings. The van der Waals surface area contributed by atoms with Crippen LogP contribution in [0, 0.1) is 0 Å². The van der Waals surface area contributed by atoms with Crippen LogP contribution in [0.1, 0.15) is 15.9 Å². The number of amides is 1. The van der Waals surface area contributed by atoms with Crippen LogP contribution >= 0.6 is 0 Å². The van der Waals surface area contributed by atoms with Gasteiger partial charge in [0.25, 0.3) is 5.91 Å². The maximum atomic E-state index is 12.3. The van der Waals surface area contributed by atoms with E-state index < -0.39 is 5.97 Å². The summed E-state index contributed by atoms with van der Waals surface area (Å²) >= 11 is 0. The number of pyridine rings is 1. The van der Waals surface area contributed by atoms with Gasteiger partial charge in [-0.2, -0.15) is 0 Å². The van der Waals surface area contributed by atoms with Crippen LogP contribution in [-0.2, 0) is 20.8 Å². The number of carbonyl (C=O) groups is 2. The second-order valence-corrected chi connectivity index (χ2v) is 7.39. The molecule has 0 bridgehead atoms. The first-order valence-corrected chi connectivity index (χ1v) is 9.90. The van der Waals surface area contributed by atoms with Crippen molar-refractivity contribution in [3.8, 4) is 0 Å². The van der Waals surface area contributed by atoms with Crippen LogP contribution < -0.4 is 9.80 Å². The molecule has 0 aliphatic carbocycles. The second kappa shape index (κ2) is 10.1. The van der Waals surface area contributed by atoms with Gasteiger partial charge in [0, 0.05) is 52.7 Å². The van der Waals surface area contributed by atoms with Gasteiger partial charge in [0.1, 0.15) is 5.82 Å². The molecule has 0 atom stereocenters. The number of carbonyl (C=O) groups excluding carboxylic acids is 2. The van der Waals surface area contributed by atoms with Crippen LogP contribution in [0.2, 0.25) is 0 Å². The average Bonchev–Trinajstić information content (AvgIpc) is 2.78. The number of ether oxygens (including phenoxy) is 2. The molecule has 3 rings (SSSR count). The minimum Gasteiger partial charge on any atom is -0.452 e. The van der Waals surface area contributed by atoms with E-state index in [0.717, 1.165) is 30.2 Å². The van der Waals surface area contributed by atoms with Crippen molar-refractivity contribution in [3.05, 3.63) is 53.7 Å². The lowest BCUT2D eigenvalue weighted by molar-refractivity contribution is -0.133. The van der Waals surface area contributed by atoms with E-state index in [2.05, 4.69) is 9.88 Å². The topological polar surface area (TPSA) is 75.2 Å². The Kier molecular flexibility index (Phi) is 7.24. The maximum Gasteiger partial charge on any atom is 0.340 e. The predicted molar refractivity (Wildman–Crippen MR) is 115 cm³/mol. The molecule has 1 aromatic carbocycles. The molecule has 2 aromatic rings. The quantitative estimate of drug-likeness (QED) is 0.642. The summed E-state index contributed by atoms with van der Waals surface area (Å²) in [6.45, 7) is 3.02. The van der Waals surface area contributed by atoms with Gasteiger partial charge < -0.3 is 24.2 Å². The molecule has 0 unspecified atom stereocenters. The smallest absolute Gasteiger partial charge is 0.340 e. The number of anilines is 2. The highest BCUT2D eigenvalue weighted by molar-refractivity contribution is 5.91. The predicted octanol–water partition coefficient (Wildman–Crippen LogP) is 1.80. The molecule has 1 aliphatic heterocycles. The highest BCUT2D eigenvalue weighted by Gasteiger charge is 2.16. The Balaban J connectivity index is 1.47. The standard InChI is InChI=1S/C22H28N4O4/c1-24(2)19-7-4-17(5-8-19)15-25(3)21(27)16-30-22(28)18-6-9-20(23-14-18)26-10-12-29-13-11-26/h4-9,14H,10-13,15-16H2,1-3H3. The van der Waals surface area contributed by atoms with E-state index >= 15 is 0 Å². The van der Waals surface area contributed by atoms with Crippen LogP contribution in [0.4, 0.5) is 11.5 Å². The van der Waals surface area contributed by atoms with Crippen molar-refractivity contribution in [2.45, 2.75) is 6.54 Å². The summed E-state index contributed by atoms with van der Waals surface area (Å²) in [5, 5.41) is 0. The molecule has 1 amide bonds. The van der Waals surface area contributed by atoms with Crippen molar-refractivity contribution in [2.75, 3.05) is 63.9 Å². The highest BCUT2D eigenvalue weighted by Crippen LogP contribution is 2.15. The Morgan fingerprint density at radius 1 is 1.07 bits per heavy atom. The molecular formula is C22H28N4O4. The Hall–Kier alpha value is -3.13. The average molecular weight is 412 g/mol. The SMILES string of the molecule is CN(Cc1ccc(N(C)C)cc1)C(=O)COC(=O)c1ccc(N2CCOCC2)nc1. The van der Waals surface area contributed by atoms with Crippen molar-refractivity contribution in [3.63, 3.8) is 0 Å². The van der Waals surface area contributed by atoms with Crippen LogP contribution in [0.3, 0.4) is 0 Å². The van der Waals surface area contributed by atoms with Gasteiger partial charge in [-0.1, -0.05) is 12.1 Å². The van der Waals surface area contributed by atoms with Crippen LogP contribution in [0.5, 0.6) is 0 Å². The Morgan fingerprint density at radius 2 is 1.77 bits per heavy atom. The van der Waals surface area contributed by atoms with Gasteiger partial charge in [0.05, 0.1) is 18.8 Å². The molecular weight excluding hydrogens is 384 g/mol. The zero-order chi connectivity index (χ0) is 21.5. The van der Waals surface area contributed by atoms with Crippen molar-refractivity contribution < 1.29 is 19.1 Å². The fourth-order valence-corrected chi connectivity index (χ4v) is 3.07. The highest BCUT2D eigenvalue weighted by atomic mass is 16.5. The summed E-state index contributed by atoms with van der Waals surface area (Å²) in [4.78, 5) is 34.6. The molecule has 1 saturated heterocycles. The summed E-state index contributed by atoms with van der Waals surface area (Å²) in [5.41, 5.74) is 2.42. The lowest BCUT2D eigenvalue weighted by atomic mass is 10.2. The minimum absolute atomic E-state index is 0.266. The van der Waals surface area contributed by atoms with E-state index in [9.17, 15) is 9.59 Å². The number of esters is 1. The van der Waals surface area contributed by atoms with Gasteiger partial charge in [0.2, 0.25) is 0 Å². The normalized spacial score (nSPS) is 13.6. The minimum atomic E-state index is -0.562. The number of aromatic nitrogens is 1. The van der Waals surface area contributed by atoms with Crippen molar-refractivity contribution in [2.24, 2.45) is 0 Å². The molecule has 0 saturated carbocycles. The molecule has 1 aromatic heterocycles. The third-order valence-electron chi connectivity index (χ3n) is 4.94. The molecule has 0 spiro atoms. The maximum absolute atomic E-state index is 12.3. The molecule has 30 heavy (non-hydrogen) atoms. The third-order valence-corrected chi connectivity index (χ3v) is 4.94. The van der Waals surface area contributed by atoms with Crippen molar-refractivity contribution in [1.29, 1.82) is 0 Å². The zero-order valence-electron chi connectivity index (χ0n) is 17.7. The van der Waals surface area contributed by atoms with Gasteiger partial charge >= 0.3 is 5.97 Å². The molecule has 8 heteroatoms. The van der Waals surface area contributed by atoms with E-state index in [4.69, 9.17) is 9.47 Å². The number of rotatable bonds is 7. The van der Waals surface area contributed by atoms with Gasteiger partial charge in [-0.05, 0) is 29.8 Å². The summed E-state index contributed by atoms with van der Waals surface area (Å²) in [6, 6.07) is 11.4. The Morgan fingerprint density at radius 3 is 2.37 bits per heavy atom. The van der Waals surface area contributed by atoms with Crippen LogP contribution in [0.15, 0.2) is 42.6 Å². The summed E-state index contributed by atoms with van der Waals surface area (Å²) in [7, 11) is 5.64. The van der Waals surface area contributed by atoms with E-state index in [0.29, 0.717) is 25.3 Å². The molecule has 2 heterocycles. The summed E-state index contributed by atoms with van der Waals surface area (Å²) < 4.78 is 10.5. The van der Waals surface area contributed by atoms with Gasteiger partial charge in [-0.15, -0.1) is 0 Å². The number of benzene rings is 1. The third kappa shape index (κ3) is 5.70. The number of hydrogen-bond donors (Lipinski definition) is 0. The molecule has 160 valence electrons. The molecule has 0 N–H and O–H groups in total. The number of morpholine rings is 1. The number of hydrogen-bond acceptors (Lipinski definition) is 7. The zero-order valence-corrected chi connectivity index (χ0v) is 17.7. The lowest BCUT2D eigenvalue weighted by Crippen LogP contribution is -2.36. The summed E-state index contributed by atoms with van der Waals surface area (Å²) in [6.07, 6.45) is 1.48. The Bertz CT molecular complexity index is 846. The van der Waals surface area contributed by atoms with Crippen molar-refractivity contribution >= 4 is 23.4 Å². The number of nitrogens with zero attached hydrogens (tertiary/aromatic N) is 4. The van der Waals surface area contributed by atoms with Gasteiger partial charge in [-0.25, -0.2) is 9.78 Å². The van der Waals surface area contributed by atoms with Gasteiger partial charge in [-0.3, -0.25) is 4.79 Å².